The predicted octanol–water partition coefficient (Wildman–Crippen LogP) is 3.04. The van der Waals surface area contributed by atoms with Crippen LogP contribution in [0.25, 0.3) is 0 Å². The predicted molar refractivity (Wildman–Crippen MR) is 101 cm³/mol. The van der Waals surface area contributed by atoms with Crippen molar-refractivity contribution >= 4 is 28.6 Å². The van der Waals surface area contributed by atoms with Gasteiger partial charge in [-0.2, -0.15) is 0 Å². The molecule has 1 saturated heterocycles. The van der Waals surface area contributed by atoms with Crippen molar-refractivity contribution < 1.29 is 14.8 Å². The summed E-state index contributed by atoms with van der Waals surface area (Å²) in [6, 6.07) is 7.95. The molecular weight excluding hydrogens is 354 g/mol. The van der Waals surface area contributed by atoms with Gasteiger partial charge in [-0.25, -0.2) is 0 Å². The maximum atomic E-state index is 12.5. The van der Waals surface area contributed by atoms with Crippen LogP contribution in [0.4, 0.5) is 11.4 Å². The fourth-order valence-corrected chi connectivity index (χ4v) is 3.74. The highest BCUT2D eigenvalue weighted by Gasteiger charge is 2.34. The molecule has 0 unspecified atom stereocenters. The van der Waals surface area contributed by atoms with E-state index >= 15 is 0 Å². The first-order valence-corrected chi connectivity index (χ1v) is 9.30. The third kappa shape index (κ3) is 4.03. The van der Waals surface area contributed by atoms with Crippen molar-refractivity contribution in [3.63, 3.8) is 0 Å². The van der Waals surface area contributed by atoms with Gasteiger partial charge in [0.2, 0.25) is 0 Å². The molecule has 2 N–H and O–H groups in total. The van der Waals surface area contributed by atoms with E-state index in [1.807, 2.05) is 18.4 Å². The fourth-order valence-electron chi connectivity index (χ4n) is 3.05. The Balaban J connectivity index is 1.53. The third-order valence-electron chi connectivity index (χ3n) is 4.77. The molecule has 0 bridgehead atoms. The SMILES string of the molecule is Cc1sccc1C(=O)N1CCC(O)(CNc2ccc([N+](=O)[O-])cc2)CC1. The van der Waals surface area contributed by atoms with Crippen molar-refractivity contribution in [1.82, 2.24) is 4.90 Å². The Hall–Kier alpha value is -2.45. The minimum Gasteiger partial charge on any atom is -0.388 e. The summed E-state index contributed by atoms with van der Waals surface area (Å²) in [5, 5.41) is 26.5. The molecule has 0 aliphatic carbocycles. The van der Waals surface area contributed by atoms with E-state index in [4.69, 9.17) is 0 Å². The molecule has 26 heavy (non-hydrogen) atoms. The van der Waals surface area contributed by atoms with Crippen LogP contribution in [-0.4, -0.2) is 46.1 Å². The number of non-ortho nitro benzene ring substituents is 1. The highest BCUT2D eigenvalue weighted by atomic mass is 32.1. The number of carbonyl (C=O) groups excluding carboxylic acids is 1. The van der Waals surface area contributed by atoms with Crippen molar-refractivity contribution in [2.75, 3.05) is 25.0 Å². The number of likely N-dealkylation sites (tertiary alicyclic amines) is 1. The van der Waals surface area contributed by atoms with E-state index < -0.39 is 10.5 Å². The van der Waals surface area contributed by atoms with Crippen molar-refractivity contribution in [3.05, 3.63) is 56.3 Å². The molecule has 0 spiro atoms. The smallest absolute Gasteiger partial charge is 0.269 e. The second kappa shape index (κ2) is 7.43. The lowest BCUT2D eigenvalue weighted by Crippen LogP contribution is -2.49. The zero-order valence-corrected chi connectivity index (χ0v) is 15.3. The lowest BCUT2D eigenvalue weighted by molar-refractivity contribution is -0.384. The minimum absolute atomic E-state index is 0.0223. The molecule has 138 valence electrons. The van der Waals surface area contributed by atoms with Crippen molar-refractivity contribution in [3.8, 4) is 0 Å². The number of carbonyl (C=O) groups is 1. The number of nitro groups is 1. The molecule has 1 aromatic carbocycles. The van der Waals surface area contributed by atoms with Gasteiger partial charge in [0.25, 0.3) is 11.6 Å². The molecule has 2 heterocycles. The Morgan fingerprint density at radius 2 is 1.96 bits per heavy atom. The van der Waals surface area contributed by atoms with Gasteiger partial charge in [0.1, 0.15) is 0 Å². The number of nitrogens with one attached hydrogen (secondary N) is 1. The lowest BCUT2D eigenvalue weighted by atomic mass is 9.91. The van der Waals surface area contributed by atoms with Crippen LogP contribution in [0.2, 0.25) is 0 Å². The van der Waals surface area contributed by atoms with Crippen molar-refractivity contribution in [2.45, 2.75) is 25.4 Å². The summed E-state index contributed by atoms with van der Waals surface area (Å²) < 4.78 is 0. The highest BCUT2D eigenvalue weighted by molar-refractivity contribution is 7.10. The van der Waals surface area contributed by atoms with E-state index in [0.29, 0.717) is 32.5 Å². The van der Waals surface area contributed by atoms with Gasteiger partial charge in [0.05, 0.1) is 16.1 Å². The molecule has 0 saturated carbocycles. The number of amides is 1. The molecular formula is C18H21N3O4S. The van der Waals surface area contributed by atoms with Crippen LogP contribution in [0.1, 0.15) is 28.1 Å². The standard InChI is InChI=1S/C18H21N3O4S/c1-13-16(6-11-26-13)17(22)20-9-7-18(23,8-10-20)12-19-14-2-4-15(5-3-14)21(24)25/h2-6,11,19,23H,7-10,12H2,1H3. The normalized spacial score (nSPS) is 16.3. The van der Waals surface area contributed by atoms with Gasteiger partial charge in [-0.05, 0) is 43.3 Å². The summed E-state index contributed by atoms with van der Waals surface area (Å²) in [5.41, 5.74) is 0.591. The molecule has 0 radical (unpaired) electrons. The molecule has 3 rings (SSSR count). The van der Waals surface area contributed by atoms with Gasteiger partial charge in [0.15, 0.2) is 0 Å². The number of hydrogen-bond acceptors (Lipinski definition) is 6. The summed E-state index contributed by atoms with van der Waals surface area (Å²) in [6.07, 6.45) is 0.976. The number of benzene rings is 1. The number of aliphatic hydroxyl groups is 1. The van der Waals surface area contributed by atoms with Crippen LogP contribution in [-0.2, 0) is 0 Å². The van der Waals surface area contributed by atoms with E-state index in [1.165, 1.54) is 12.1 Å². The van der Waals surface area contributed by atoms with Crippen LogP contribution in [0.15, 0.2) is 35.7 Å². The molecule has 1 amide bonds. The van der Waals surface area contributed by atoms with Crippen LogP contribution >= 0.6 is 11.3 Å². The van der Waals surface area contributed by atoms with Gasteiger partial charge in [-0.3, -0.25) is 14.9 Å². The average Bonchev–Trinajstić information content (AvgIpc) is 3.06. The van der Waals surface area contributed by atoms with Crippen LogP contribution in [0, 0.1) is 17.0 Å². The summed E-state index contributed by atoms with van der Waals surface area (Å²) in [5.74, 6) is 0.0223. The van der Waals surface area contributed by atoms with Gasteiger partial charge < -0.3 is 15.3 Å². The number of nitro benzene ring substituents is 1. The Morgan fingerprint density at radius 3 is 2.50 bits per heavy atom. The Labute approximate surface area is 155 Å². The number of anilines is 1. The van der Waals surface area contributed by atoms with Gasteiger partial charge in [-0.15, -0.1) is 11.3 Å². The number of aryl methyl sites for hydroxylation is 1. The number of rotatable bonds is 5. The number of thiophene rings is 1. The largest absolute Gasteiger partial charge is 0.388 e. The molecule has 2 aromatic rings. The van der Waals surface area contributed by atoms with Crippen molar-refractivity contribution in [1.29, 1.82) is 0 Å². The summed E-state index contributed by atoms with van der Waals surface area (Å²) >= 11 is 1.56. The Kier molecular flexibility index (Phi) is 5.24. The van der Waals surface area contributed by atoms with Gasteiger partial charge in [0, 0.05) is 42.3 Å². The monoisotopic (exact) mass is 375 g/mol. The first-order chi connectivity index (χ1) is 12.4. The highest BCUT2D eigenvalue weighted by Crippen LogP contribution is 2.26. The third-order valence-corrected chi connectivity index (χ3v) is 5.62. The molecule has 1 aliphatic rings. The maximum Gasteiger partial charge on any atom is 0.269 e. The van der Waals surface area contributed by atoms with Gasteiger partial charge in [-0.1, -0.05) is 0 Å². The fraction of sp³-hybridized carbons (Fsp3) is 0.389. The topological polar surface area (TPSA) is 95.7 Å². The zero-order valence-electron chi connectivity index (χ0n) is 14.5. The number of hydrogen-bond donors (Lipinski definition) is 2. The van der Waals surface area contributed by atoms with E-state index in [2.05, 4.69) is 5.32 Å². The second-order valence-electron chi connectivity index (χ2n) is 6.56. The summed E-state index contributed by atoms with van der Waals surface area (Å²) in [7, 11) is 0. The molecule has 1 aromatic heterocycles. The summed E-state index contributed by atoms with van der Waals surface area (Å²) in [4.78, 5) is 25.6. The quantitative estimate of drug-likeness (QED) is 0.619. The first kappa shape index (κ1) is 18.3. The number of nitrogens with zero attached hydrogens (tertiary/aromatic N) is 2. The second-order valence-corrected chi connectivity index (χ2v) is 7.68. The van der Waals surface area contributed by atoms with E-state index in [-0.39, 0.29) is 11.6 Å². The average molecular weight is 375 g/mol. The summed E-state index contributed by atoms with van der Waals surface area (Å²) in [6.45, 7) is 3.29. The van der Waals surface area contributed by atoms with Crippen LogP contribution in [0.5, 0.6) is 0 Å². The van der Waals surface area contributed by atoms with E-state index in [0.717, 1.165) is 16.1 Å². The van der Waals surface area contributed by atoms with Gasteiger partial charge >= 0.3 is 0 Å². The van der Waals surface area contributed by atoms with E-state index in [9.17, 15) is 20.0 Å². The Morgan fingerprint density at radius 1 is 1.31 bits per heavy atom. The van der Waals surface area contributed by atoms with E-state index in [1.54, 1.807) is 28.4 Å². The van der Waals surface area contributed by atoms with Crippen molar-refractivity contribution in [2.24, 2.45) is 0 Å². The molecule has 8 heteroatoms. The minimum atomic E-state index is -0.901. The molecule has 1 aliphatic heterocycles. The zero-order chi connectivity index (χ0) is 18.7. The Bertz CT molecular complexity index is 795. The van der Waals surface area contributed by atoms with Crippen LogP contribution in [0.3, 0.4) is 0 Å². The lowest BCUT2D eigenvalue weighted by Gasteiger charge is -2.38. The number of piperidine rings is 1. The molecule has 7 nitrogen and oxygen atoms in total. The first-order valence-electron chi connectivity index (χ1n) is 8.42. The van der Waals surface area contributed by atoms with Crippen LogP contribution < -0.4 is 5.32 Å². The maximum absolute atomic E-state index is 12.5. The molecule has 0 atom stereocenters. The molecule has 1 fully saturated rings.